The summed E-state index contributed by atoms with van der Waals surface area (Å²) in [6.07, 6.45) is 1.68. The van der Waals surface area contributed by atoms with E-state index < -0.39 is 0 Å². The maximum atomic E-state index is 12.9. The number of hydrogen-bond acceptors (Lipinski definition) is 6. The van der Waals surface area contributed by atoms with Crippen LogP contribution in [0.15, 0.2) is 88.5 Å². The summed E-state index contributed by atoms with van der Waals surface area (Å²) in [5.41, 5.74) is 3.34. The van der Waals surface area contributed by atoms with Crippen molar-refractivity contribution in [2.24, 2.45) is 0 Å². The van der Waals surface area contributed by atoms with Crippen LogP contribution < -0.4 is 10.1 Å². The van der Waals surface area contributed by atoms with E-state index in [0.717, 1.165) is 28.3 Å². The van der Waals surface area contributed by atoms with Crippen molar-refractivity contribution in [2.45, 2.75) is 30.9 Å². The van der Waals surface area contributed by atoms with Gasteiger partial charge in [0.2, 0.25) is 0 Å². The summed E-state index contributed by atoms with van der Waals surface area (Å²) in [6, 6.07) is 23.1. The van der Waals surface area contributed by atoms with E-state index in [9.17, 15) is 4.79 Å². The van der Waals surface area contributed by atoms with Crippen LogP contribution in [0.5, 0.6) is 5.75 Å². The topological polar surface area (TPSA) is 77.2 Å². The highest BCUT2D eigenvalue weighted by Gasteiger charge is 2.14. The molecule has 1 amide bonds. The Kier molecular flexibility index (Phi) is 7.19. The Morgan fingerprint density at radius 2 is 1.88 bits per heavy atom. The van der Waals surface area contributed by atoms with E-state index >= 15 is 0 Å². The molecular formula is C25H23N3O3S. The molecule has 2 heterocycles. The first-order valence-electron chi connectivity index (χ1n) is 10.2. The Bertz CT molecular complexity index is 1180. The smallest absolute Gasteiger partial charge is 0.254 e. The average Bonchev–Trinajstić information content (AvgIpc) is 3.26. The molecule has 0 radical (unpaired) electrons. The van der Waals surface area contributed by atoms with Gasteiger partial charge in [-0.2, -0.15) is 0 Å². The fraction of sp³-hybridized carbons (Fsp3) is 0.160. The Labute approximate surface area is 191 Å². The lowest BCUT2D eigenvalue weighted by molar-refractivity contribution is 0.0947. The number of ether oxygens (including phenoxy) is 1. The van der Waals surface area contributed by atoms with E-state index in [-0.39, 0.29) is 5.91 Å². The molecule has 4 rings (SSSR count). The maximum Gasteiger partial charge on any atom is 0.254 e. The maximum absolute atomic E-state index is 12.9. The van der Waals surface area contributed by atoms with E-state index in [1.54, 1.807) is 18.3 Å². The first-order valence-corrected chi connectivity index (χ1v) is 11.2. The molecule has 2 aromatic carbocycles. The van der Waals surface area contributed by atoms with Gasteiger partial charge in [-0.15, -0.1) is 0 Å². The second-order valence-electron chi connectivity index (χ2n) is 7.14. The third-order valence-corrected chi connectivity index (χ3v) is 5.74. The number of para-hydroxylation sites is 1. The molecule has 7 heteroatoms. The van der Waals surface area contributed by atoms with Gasteiger partial charge in [-0.3, -0.25) is 4.79 Å². The third-order valence-electron chi connectivity index (χ3n) is 4.70. The van der Waals surface area contributed by atoms with E-state index in [1.807, 2.05) is 67.6 Å². The summed E-state index contributed by atoms with van der Waals surface area (Å²) >= 11 is 1.45. The fourth-order valence-electron chi connectivity index (χ4n) is 3.10. The first kappa shape index (κ1) is 21.6. The van der Waals surface area contributed by atoms with Gasteiger partial charge in [-0.05, 0) is 30.7 Å². The summed E-state index contributed by atoms with van der Waals surface area (Å²) < 4.78 is 11.1. The number of nitrogens with zero attached hydrogens (tertiary/aromatic N) is 2. The van der Waals surface area contributed by atoms with Crippen LogP contribution in [0.2, 0.25) is 0 Å². The van der Waals surface area contributed by atoms with Crippen molar-refractivity contribution >= 4 is 17.7 Å². The molecule has 0 spiro atoms. The highest BCUT2D eigenvalue weighted by molar-refractivity contribution is 7.98. The van der Waals surface area contributed by atoms with Crippen LogP contribution in [0.25, 0.3) is 0 Å². The lowest BCUT2D eigenvalue weighted by atomic mass is 10.2. The predicted molar refractivity (Wildman–Crippen MR) is 123 cm³/mol. The number of aromatic nitrogens is 2. The number of hydrogen-bond donors (Lipinski definition) is 1. The number of carbonyl (C=O) groups excluding carboxylic acids is 1. The zero-order valence-electron chi connectivity index (χ0n) is 17.7. The molecule has 0 bridgehead atoms. The van der Waals surface area contributed by atoms with E-state index in [0.29, 0.717) is 29.5 Å². The fourth-order valence-corrected chi connectivity index (χ4v) is 3.98. The summed E-state index contributed by atoms with van der Waals surface area (Å²) in [6.45, 7) is 2.67. The van der Waals surface area contributed by atoms with Gasteiger partial charge >= 0.3 is 0 Å². The van der Waals surface area contributed by atoms with Crippen molar-refractivity contribution in [1.29, 1.82) is 0 Å². The molecule has 162 valence electrons. The second-order valence-corrected chi connectivity index (χ2v) is 8.10. The number of benzene rings is 2. The van der Waals surface area contributed by atoms with Crippen LogP contribution in [0.4, 0.5) is 0 Å². The molecule has 0 aliphatic rings. The number of carbonyl (C=O) groups is 1. The zero-order valence-corrected chi connectivity index (χ0v) is 18.5. The molecule has 0 saturated carbocycles. The van der Waals surface area contributed by atoms with Gasteiger partial charge in [0.05, 0.1) is 11.3 Å². The number of rotatable bonds is 9. The highest BCUT2D eigenvalue weighted by Crippen LogP contribution is 2.25. The van der Waals surface area contributed by atoms with Crippen molar-refractivity contribution in [3.63, 3.8) is 0 Å². The van der Waals surface area contributed by atoms with Gasteiger partial charge in [0, 0.05) is 30.1 Å². The predicted octanol–water partition coefficient (Wildman–Crippen LogP) is 5.18. The molecule has 0 aliphatic heterocycles. The van der Waals surface area contributed by atoms with Crippen LogP contribution >= 0.6 is 11.8 Å². The lowest BCUT2D eigenvalue weighted by Crippen LogP contribution is -2.24. The molecule has 1 N–H and O–H groups in total. The quantitative estimate of drug-likeness (QED) is 0.358. The SMILES string of the molecule is Cc1cc(CSc2ncccc2C(=O)NCc2ccccc2OCc2ccccc2)no1. The first-order chi connectivity index (χ1) is 15.7. The largest absolute Gasteiger partial charge is 0.489 e. The van der Waals surface area contributed by atoms with Gasteiger partial charge in [0.15, 0.2) is 0 Å². The molecule has 2 aromatic heterocycles. The monoisotopic (exact) mass is 445 g/mol. The minimum absolute atomic E-state index is 0.185. The number of amides is 1. The summed E-state index contributed by atoms with van der Waals surface area (Å²) in [4.78, 5) is 17.3. The van der Waals surface area contributed by atoms with Crippen LogP contribution in [0.1, 0.15) is 32.9 Å². The molecule has 0 unspecified atom stereocenters. The third kappa shape index (κ3) is 5.76. The van der Waals surface area contributed by atoms with Crippen LogP contribution in [0, 0.1) is 6.92 Å². The zero-order chi connectivity index (χ0) is 22.2. The van der Waals surface area contributed by atoms with Crippen molar-refractivity contribution in [2.75, 3.05) is 0 Å². The summed E-state index contributed by atoms with van der Waals surface area (Å²) in [7, 11) is 0. The Hall–Kier alpha value is -3.58. The van der Waals surface area contributed by atoms with Crippen LogP contribution in [-0.4, -0.2) is 16.0 Å². The molecule has 0 aliphatic carbocycles. The number of pyridine rings is 1. The lowest BCUT2D eigenvalue weighted by Gasteiger charge is -2.13. The molecule has 0 atom stereocenters. The highest BCUT2D eigenvalue weighted by atomic mass is 32.2. The summed E-state index contributed by atoms with van der Waals surface area (Å²) in [5, 5.41) is 7.63. The van der Waals surface area contributed by atoms with E-state index in [2.05, 4.69) is 15.5 Å². The Balaban J connectivity index is 1.39. The number of thioether (sulfide) groups is 1. The van der Waals surface area contributed by atoms with E-state index in [4.69, 9.17) is 9.26 Å². The Morgan fingerprint density at radius 3 is 2.69 bits per heavy atom. The van der Waals surface area contributed by atoms with Gasteiger partial charge < -0.3 is 14.6 Å². The van der Waals surface area contributed by atoms with Crippen molar-refractivity contribution in [1.82, 2.24) is 15.5 Å². The Morgan fingerprint density at radius 1 is 1.06 bits per heavy atom. The standard InChI is InChI=1S/C25H23N3O3S/c1-18-14-21(28-31-18)17-32-25-22(11-7-13-26-25)24(29)27-15-20-10-5-6-12-23(20)30-16-19-8-3-2-4-9-19/h2-14H,15-17H2,1H3,(H,27,29). The molecule has 0 saturated heterocycles. The molecule has 6 nitrogen and oxygen atoms in total. The number of nitrogens with one attached hydrogen (secondary N) is 1. The second kappa shape index (κ2) is 10.6. The number of aryl methyl sites for hydroxylation is 1. The van der Waals surface area contributed by atoms with Crippen molar-refractivity contribution in [3.8, 4) is 5.75 Å². The van der Waals surface area contributed by atoms with Gasteiger partial charge in [-0.1, -0.05) is 65.4 Å². The normalized spacial score (nSPS) is 10.7. The van der Waals surface area contributed by atoms with E-state index in [1.165, 1.54) is 11.8 Å². The molecule has 32 heavy (non-hydrogen) atoms. The molecule has 0 fully saturated rings. The molecular weight excluding hydrogens is 422 g/mol. The summed E-state index contributed by atoms with van der Waals surface area (Å²) in [5.74, 6) is 1.89. The van der Waals surface area contributed by atoms with Gasteiger partial charge in [-0.25, -0.2) is 4.98 Å². The van der Waals surface area contributed by atoms with Crippen molar-refractivity contribution < 1.29 is 14.1 Å². The van der Waals surface area contributed by atoms with Crippen molar-refractivity contribution in [3.05, 3.63) is 107 Å². The average molecular weight is 446 g/mol. The minimum Gasteiger partial charge on any atom is -0.489 e. The van der Waals surface area contributed by atoms with Crippen LogP contribution in [-0.2, 0) is 18.9 Å². The van der Waals surface area contributed by atoms with Crippen LogP contribution in [0.3, 0.4) is 0 Å². The molecule has 4 aromatic rings. The van der Waals surface area contributed by atoms with Gasteiger partial charge in [0.1, 0.15) is 23.1 Å². The minimum atomic E-state index is -0.185. The van der Waals surface area contributed by atoms with Gasteiger partial charge in [0.25, 0.3) is 5.91 Å².